The Labute approximate surface area is 757 Å². The molecule has 0 N–H and O–H groups in total. The average molecular weight is 4060 g/mol. The van der Waals surface area contributed by atoms with Crippen LogP contribution in [0.1, 0.15) is 11.1 Å². The van der Waals surface area contributed by atoms with E-state index in [1.165, 1.54) is 43.1 Å². The van der Waals surface area contributed by atoms with Crippen molar-refractivity contribution in [3.63, 3.8) is 0 Å². The second-order valence-corrected chi connectivity index (χ2v) is 83.0. The topological polar surface area (TPSA) is 34.1 Å². The summed E-state index contributed by atoms with van der Waals surface area (Å²) in [7, 11) is -3.73. The fourth-order valence-corrected chi connectivity index (χ4v) is 134. The Kier molecular flexibility index (Phi) is 29.7. The maximum atomic E-state index is 16.9. The van der Waals surface area contributed by atoms with Crippen molar-refractivity contribution in [3.8, 4) is 0 Å². The molecule has 0 aliphatic rings. The minimum atomic E-state index is -3.73. The van der Waals surface area contributed by atoms with Crippen molar-refractivity contribution >= 4 is 62.6 Å². The van der Waals surface area contributed by atoms with E-state index in [9.17, 15) is 0 Å². The van der Waals surface area contributed by atoms with Gasteiger partial charge in [-0.3, -0.25) is 0 Å². The van der Waals surface area contributed by atoms with Crippen molar-refractivity contribution in [2.45, 2.75) is 23.6 Å². The molecule has 0 heterocycles. The van der Waals surface area contributed by atoms with Gasteiger partial charge in [-0.1, -0.05) is 0 Å². The van der Waals surface area contributed by atoms with Crippen LogP contribution in [0.2, 0.25) is 0 Å². The van der Waals surface area contributed by atoms with Crippen molar-refractivity contribution in [2.24, 2.45) is 0 Å². The average Bonchev–Trinajstić information content (AvgIpc) is 3.06. The molecular weight excluding hydrogens is 4040 g/mol. The summed E-state index contributed by atoms with van der Waals surface area (Å²) in [6.45, 7) is 4.96. The fourth-order valence-electron chi connectivity index (χ4n) is 9.40. The summed E-state index contributed by atoms with van der Waals surface area (Å²) in [5, 5.41) is 11.6. The van der Waals surface area contributed by atoms with Gasteiger partial charge in [0.05, 0.1) is 0 Å². The molecule has 6 aromatic carbocycles. The Balaban J connectivity index is 2.11. The van der Waals surface area contributed by atoms with Gasteiger partial charge in [0, 0.05) is 0 Å². The summed E-state index contributed by atoms with van der Waals surface area (Å²) in [4.78, 5) is 1.89. The molecule has 19 heteroatoms. The Morgan fingerprint density at radius 1 is 0.265 bits per heavy atom. The van der Waals surface area contributed by atoms with E-state index >= 15 is 8.42 Å². The second-order valence-electron chi connectivity index (χ2n) is 15.4. The van der Waals surface area contributed by atoms with E-state index in [2.05, 4.69) is 13.8 Å². The third kappa shape index (κ3) is 11.5. The molecule has 192 valence electrons. The van der Waals surface area contributed by atoms with Crippen molar-refractivity contribution in [1.82, 2.24) is 0 Å². The van der Waals surface area contributed by atoms with Crippen LogP contribution in [0.25, 0.3) is 43.1 Å². The third-order valence-electron chi connectivity index (χ3n) is 13.7. The van der Waals surface area contributed by atoms with Crippen LogP contribution >= 0.6 is 0 Å². The number of benzene rings is 6. The van der Waals surface area contributed by atoms with Gasteiger partial charge < -0.3 is 0 Å². The van der Waals surface area contributed by atoms with Crippen LogP contribution in [0.3, 0.4) is 0 Å². The maximum absolute atomic E-state index is 16.9. The molecule has 0 bridgehead atoms. The molecule has 0 atom stereocenters. The minimum absolute atomic E-state index is 0.0785. The van der Waals surface area contributed by atoms with Crippen molar-refractivity contribution in [2.75, 3.05) is 0 Å². The molecule has 0 radical (unpaired) electrons. The monoisotopic (exact) mass is 4060 g/mol. The van der Waals surface area contributed by atoms with Gasteiger partial charge in [-0.05, 0) is 0 Å². The number of rotatable bonds is 2. The molecule has 0 aromatic heterocycles. The van der Waals surface area contributed by atoms with E-state index in [1.807, 2.05) is 2.42 Å². The van der Waals surface area contributed by atoms with Gasteiger partial charge in [0.2, 0.25) is 0 Å². The Hall–Kier alpha value is 19.8. The van der Waals surface area contributed by atoms with E-state index < -0.39 is 9.84 Å². The molecule has 6 rings (SSSR count). The molecule has 0 saturated heterocycles. The van der Waals surface area contributed by atoms with Crippen LogP contribution in [-0.2, 0) is 9.84 Å². The van der Waals surface area contributed by atoms with Crippen molar-refractivity contribution in [1.29, 1.82) is 0 Å². The third-order valence-corrected chi connectivity index (χ3v) is 309. The van der Waals surface area contributed by atoms with Gasteiger partial charge in [0.1, 0.15) is 0 Å². The Bertz CT molecular complexity index is 2370. The first-order valence-corrected chi connectivity index (χ1v) is 85.0. The summed E-state index contributed by atoms with van der Waals surface area (Å²) in [6.07, 6.45) is 0. The molecule has 0 unspecified atom stereocenters. The second kappa shape index (κ2) is 25.1. The molecule has 2 nitrogen and oxygen atoms in total. The van der Waals surface area contributed by atoms with Gasteiger partial charge in [-0.25, -0.2) is 0 Å². The Morgan fingerprint density at radius 2 is 0.408 bits per heavy atom. The number of hydrogen-bond donors (Lipinski definition) is 0. The molecule has 49 heavy (non-hydrogen) atoms. The SMILES string of the molecule is Cc1c2[c]([RaH])[c]([RaH])[c]([RaH])[c]([RaH])c2c(S(=O)(=O)c2c3[c]([RaH])[c]([RaH])[c]([RaH])[c]([RaH])c3c(C)c3[c]([RaH])[c]([RaH])[c]([RaH])[c]([RaH])c23)c2[c]([RaH])[c]([RaH])[c]([RaH])[c]([RaH])c12. The quantitative estimate of drug-likeness (QED) is 0.162. The zero-order valence-electron chi connectivity index (χ0n) is 33.2. The van der Waals surface area contributed by atoms with Crippen LogP contribution in [0.4, 0.5) is 0 Å². The standard InChI is InChI=1S/C30H6O2S.16Ra.16H/c1-19-21-11-3-7-15-25(21)29(26-16-8-4-12-22(19)26)33(31,32)30-27-17-9-5-13-23(27)20(2)24-14-6-10-18-28(24)30;;;;;;;;;;;;;;;;;;;;;;;;;;;;;;;;/h1-2H3;;;;;;;;;;;;;;;;;;;;;;;;;;;;;;;;. The van der Waals surface area contributed by atoms with Crippen molar-refractivity contribution in [3.05, 3.63) is 11.1 Å². The van der Waals surface area contributed by atoms with Gasteiger partial charge in [-0.2, -0.15) is 0 Å². The number of aryl methyl sites for hydroxylation is 2. The number of hydrogen-bond acceptors (Lipinski definition) is 2. The molecular formula is C30H22O2Ra16S. The van der Waals surface area contributed by atoms with E-state index in [-0.39, 0.29) is 514 Å². The molecule has 0 fully saturated rings. The van der Waals surface area contributed by atoms with Crippen LogP contribution in [0.5, 0.6) is 0 Å². The zero-order valence-corrected chi connectivity index (χ0v) is 166. The summed E-state index contributed by atoms with van der Waals surface area (Å²) in [5.74, 6) is 0. The summed E-state index contributed by atoms with van der Waals surface area (Å²) < 4.78 is 61.8. The van der Waals surface area contributed by atoms with Gasteiger partial charge in [0.15, 0.2) is 0 Å². The van der Waals surface area contributed by atoms with Gasteiger partial charge in [-0.15, -0.1) is 0 Å². The number of fused-ring (bicyclic) bond motifs is 4. The molecule has 0 amide bonds. The summed E-state index contributed by atoms with van der Waals surface area (Å²) in [6, 6.07) is 0. The first-order valence-electron chi connectivity index (χ1n) is 17.7. The zero-order chi connectivity index (χ0) is 36.7. The van der Waals surface area contributed by atoms with Crippen LogP contribution in [0, 0.1) is 699 Å². The van der Waals surface area contributed by atoms with E-state index in [4.69, 9.17) is 0 Å². The molecule has 0 spiro atoms. The Morgan fingerprint density at radius 3 is 0.571 bits per heavy atom. The first-order chi connectivity index (χ1) is 22.6. The van der Waals surface area contributed by atoms with Crippen LogP contribution in [0.15, 0.2) is 9.79 Å². The predicted octanol–water partition coefficient (Wildman–Crippen LogP) is -9.74. The fraction of sp³-hybridized carbons (Fsp3) is 0.0667. The number of sulfone groups is 1. The van der Waals surface area contributed by atoms with Crippen LogP contribution < -0.4 is 9.67 Å². The summed E-state index contributed by atoms with van der Waals surface area (Å²) in [5.41, 5.74) is 3.12. The van der Waals surface area contributed by atoms with Gasteiger partial charge >= 0.3 is 790 Å². The molecule has 0 aliphatic carbocycles. The molecule has 0 saturated carbocycles. The van der Waals surface area contributed by atoms with E-state index in [1.54, 1.807) is 18.4 Å². The van der Waals surface area contributed by atoms with Gasteiger partial charge in [0.25, 0.3) is 0 Å². The molecule has 0 aliphatic heterocycles. The predicted molar refractivity (Wildman–Crippen MR) is 154 cm³/mol. The normalized spacial score (nSPS) is 11.8. The summed E-state index contributed by atoms with van der Waals surface area (Å²) >= 11 is 3.25. The van der Waals surface area contributed by atoms with E-state index in [0.717, 1.165) is 9.79 Å². The molecule has 6 aromatic rings. The van der Waals surface area contributed by atoms with E-state index in [0.29, 0.717) is 171 Å². The van der Waals surface area contributed by atoms with Crippen LogP contribution in [-0.4, -0.2) is 8.42 Å². The van der Waals surface area contributed by atoms with Crippen molar-refractivity contribution < 1.29 is 693 Å². The first kappa shape index (κ1) is 58.1.